The summed E-state index contributed by atoms with van der Waals surface area (Å²) in [4.78, 5) is 31.4. The van der Waals surface area contributed by atoms with Gasteiger partial charge in [0.05, 0.1) is 18.0 Å². The molecule has 12 nitrogen and oxygen atoms in total. The normalized spacial score (nSPS) is 14.8. The molecular weight excluding hydrogens is 556 g/mol. The van der Waals surface area contributed by atoms with Crippen molar-refractivity contribution in [3.63, 3.8) is 0 Å². The predicted molar refractivity (Wildman–Crippen MR) is 164 cm³/mol. The second-order valence-corrected chi connectivity index (χ2v) is 13.2. The topological polar surface area (TPSA) is 138 Å². The lowest BCUT2D eigenvalue weighted by molar-refractivity contribution is 0.0738. The standard InChI is InChI=1S/C29H36N8O4S/c1-5-13-36-27(38)23-20-30-28(33-26(23)37(36)25-8-6-7-24(32-25)29(2,3)39)31-21-9-11-22(12-10-21)35-16-14-34(15-17-35)18-19-42(4,40)41/h5-12,20,39H,1,13-19H2,2-4H3,(H,30,31,33). The van der Waals surface area contributed by atoms with Crippen LogP contribution >= 0.6 is 0 Å². The SMILES string of the molecule is C=CCn1c(=O)c2cnc(Nc3ccc(N4CCN(CCS(C)(=O)=O)CC4)cc3)nc2n1-c1cccc(C(C)(C)O)n1. The zero-order chi connectivity index (χ0) is 30.1. The van der Waals surface area contributed by atoms with Crippen LogP contribution in [0, 0.1) is 0 Å². The molecule has 0 saturated carbocycles. The maximum absolute atomic E-state index is 13.2. The first kappa shape index (κ1) is 29.4. The van der Waals surface area contributed by atoms with E-state index in [1.54, 1.807) is 42.8 Å². The van der Waals surface area contributed by atoms with Gasteiger partial charge in [-0.2, -0.15) is 4.98 Å². The van der Waals surface area contributed by atoms with Crippen LogP contribution in [-0.4, -0.2) is 87.5 Å². The molecule has 4 heterocycles. The number of piperazine rings is 1. The van der Waals surface area contributed by atoms with Crippen molar-refractivity contribution >= 4 is 38.2 Å². The van der Waals surface area contributed by atoms with Crippen LogP contribution in [0.25, 0.3) is 16.9 Å². The van der Waals surface area contributed by atoms with Gasteiger partial charge in [0.2, 0.25) is 5.95 Å². The number of pyridine rings is 1. The summed E-state index contributed by atoms with van der Waals surface area (Å²) >= 11 is 0. The molecule has 1 fully saturated rings. The molecule has 0 unspecified atom stereocenters. The van der Waals surface area contributed by atoms with Gasteiger partial charge in [-0.1, -0.05) is 12.1 Å². The van der Waals surface area contributed by atoms with Crippen LogP contribution in [0.1, 0.15) is 19.5 Å². The highest BCUT2D eigenvalue weighted by Crippen LogP contribution is 2.24. The quantitative estimate of drug-likeness (QED) is 0.264. The maximum Gasteiger partial charge on any atom is 0.278 e. The molecule has 4 aromatic rings. The first-order chi connectivity index (χ1) is 19.9. The fraction of sp³-hybridized carbons (Fsp3) is 0.379. The van der Waals surface area contributed by atoms with Gasteiger partial charge >= 0.3 is 0 Å². The van der Waals surface area contributed by atoms with Crippen LogP contribution in [0.4, 0.5) is 17.3 Å². The van der Waals surface area contributed by atoms with Gasteiger partial charge in [-0.05, 0) is 50.2 Å². The molecule has 0 aliphatic carbocycles. The number of hydrogen-bond donors (Lipinski definition) is 2. The molecule has 1 saturated heterocycles. The summed E-state index contributed by atoms with van der Waals surface area (Å²) < 4.78 is 26.1. The number of nitrogens with zero attached hydrogens (tertiary/aromatic N) is 7. The molecule has 0 spiro atoms. The van der Waals surface area contributed by atoms with E-state index in [0.717, 1.165) is 37.6 Å². The number of fused-ring (bicyclic) bond motifs is 1. The number of aliphatic hydroxyl groups is 1. The van der Waals surface area contributed by atoms with Crippen LogP contribution in [0.3, 0.4) is 0 Å². The molecule has 0 amide bonds. The molecule has 1 aliphatic heterocycles. The van der Waals surface area contributed by atoms with Gasteiger partial charge in [0.25, 0.3) is 5.56 Å². The number of anilines is 3. The van der Waals surface area contributed by atoms with E-state index in [4.69, 9.17) is 0 Å². The lowest BCUT2D eigenvalue weighted by Crippen LogP contribution is -2.47. The number of benzene rings is 1. The smallest absolute Gasteiger partial charge is 0.278 e. The highest BCUT2D eigenvalue weighted by Gasteiger charge is 2.22. The molecule has 0 atom stereocenters. The van der Waals surface area contributed by atoms with E-state index in [2.05, 4.69) is 36.6 Å². The fourth-order valence-electron chi connectivity index (χ4n) is 4.90. The summed E-state index contributed by atoms with van der Waals surface area (Å²) in [6.07, 6.45) is 4.40. The Morgan fingerprint density at radius 1 is 1.07 bits per heavy atom. The third-order valence-electron chi connectivity index (χ3n) is 7.19. The minimum Gasteiger partial charge on any atom is -0.384 e. The summed E-state index contributed by atoms with van der Waals surface area (Å²) in [5.74, 6) is 0.937. The van der Waals surface area contributed by atoms with E-state index in [-0.39, 0.29) is 17.9 Å². The molecular formula is C29H36N8O4S. The lowest BCUT2D eigenvalue weighted by Gasteiger charge is -2.36. The Hall–Kier alpha value is -4.07. The van der Waals surface area contributed by atoms with Crippen molar-refractivity contribution < 1.29 is 13.5 Å². The number of sulfone groups is 1. The van der Waals surface area contributed by atoms with E-state index < -0.39 is 15.4 Å². The van der Waals surface area contributed by atoms with Gasteiger partial charge in [0, 0.05) is 56.6 Å². The monoisotopic (exact) mass is 592 g/mol. The number of rotatable bonds is 10. The van der Waals surface area contributed by atoms with E-state index in [1.807, 2.05) is 24.3 Å². The summed E-state index contributed by atoms with van der Waals surface area (Å²) in [7, 11) is -2.97. The minimum absolute atomic E-state index is 0.181. The molecule has 1 aliphatic rings. The Bertz CT molecular complexity index is 1750. The van der Waals surface area contributed by atoms with Gasteiger partial charge in [-0.15, -0.1) is 6.58 Å². The van der Waals surface area contributed by atoms with Crippen LogP contribution in [-0.2, 0) is 22.0 Å². The van der Waals surface area contributed by atoms with Gasteiger partial charge in [0.15, 0.2) is 11.5 Å². The highest BCUT2D eigenvalue weighted by atomic mass is 32.2. The summed E-state index contributed by atoms with van der Waals surface area (Å²) in [6, 6.07) is 13.2. The van der Waals surface area contributed by atoms with Crippen molar-refractivity contribution in [3.8, 4) is 5.82 Å². The second-order valence-electron chi connectivity index (χ2n) is 11.0. The molecule has 13 heteroatoms. The Morgan fingerprint density at radius 3 is 2.43 bits per heavy atom. The number of allylic oxidation sites excluding steroid dienone is 1. The average Bonchev–Trinajstić information content (AvgIpc) is 3.22. The molecule has 1 aromatic carbocycles. The fourth-order valence-corrected chi connectivity index (χ4v) is 5.49. The first-order valence-electron chi connectivity index (χ1n) is 13.7. The molecule has 0 radical (unpaired) electrons. The van der Waals surface area contributed by atoms with Crippen LogP contribution in [0.15, 0.2) is 66.1 Å². The molecule has 0 bridgehead atoms. The number of aromatic nitrogens is 5. The Kier molecular flexibility index (Phi) is 8.17. The molecule has 42 heavy (non-hydrogen) atoms. The van der Waals surface area contributed by atoms with Crippen molar-refractivity contribution in [1.82, 2.24) is 29.2 Å². The average molecular weight is 593 g/mol. The number of hydrogen-bond acceptors (Lipinski definition) is 10. The Morgan fingerprint density at radius 2 is 1.79 bits per heavy atom. The summed E-state index contributed by atoms with van der Waals surface area (Å²) in [6.45, 7) is 11.1. The first-order valence-corrected chi connectivity index (χ1v) is 15.8. The van der Waals surface area contributed by atoms with E-state index in [0.29, 0.717) is 35.0 Å². The summed E-state index contributed by atoms with van der Waals surface area (Å²) in [5, 5.41) is 14.1. The number of nitrogens with one attached hydrogen (secondary N) is 1. The van der Waals surface area contributed by atoms with Crippen LogP contribution in [0.2, 0.25) is 0 Å². The zero-order valence-corrected chi connectivity index (χ0v) is 24.9. The zero-order valence-electron chi connectivity index (χ0n) is 24.1. The third kappa shape index (κ3) is 6.53. The molecule has 3 aromatic heterocycles. The largest absolute Gasteiger partial charge is 0.384 e. The molecule has 2 N–H and O–H groups in total. The van der Waals surface area contributed by atoms with Crippen molar-refractivity contribution in [1.29, 1.82) is 0 Å². The van der Waals surface area contributed by atoms with Crippen molar-refractivity contribution in [3.05, 3.63) is 77.4 Å². The minimum atomic E-state index is -2.97. The van der Waals surface area contributed by atoms with Gasteiger partial charge in [-0.25, -0.2) is 27.7 Å². The predicted octanol–water partition coefficient (Wildman–Crippen LogP) is 2.30. The Balaban J connectivity index is 1.36. The van der Waals surface area contributed by atoms with E-state index in [9.17, 15) is 18.3 Å². The van der Waals surface area contributed by atoms with E-state index in [1.165, 1.54) is 17.1 Å². The van der Waals surface area contributed by atoms with Crippen molar-refractivity contribution in [2.45, 2.75) is 26.0 Å². The van der Waals surface area contributed by atoms with Crippen LogP contribution in [0.5, 0.6) is 0 Å². The molecule has 222 valence electrons. The van der Waals surface area contributed by atoms with Crippen molar-refractivity contribution in [2.24, 2.45) is 0 Å². The highest BCUT2D eigenvalue weighted by molar-refractivity contribution is 7.90. The molecule has 5 rings (SSSR count). The van der Waals surface area contributed by atoms with Crippen LogP contribution < -0.4 is 15.8 Å². The van der Waals surface area contributed by atoms with Gasteiger partial charge in [-0.3, -0.25) is 9.69 Å². The maximum atomic E-state index is 13.2. The summed E-state index contributed by atoms with van der Waals surface area (Å²) in [5.41, 5.74) is 1.27. The van der Waals surface area contributed by atoms with Gasteiger partial charge < -0.3 is 15.3 Å². The lowest BCUT2D eigenvalue weighted by atomic mass is 10.1. The third-order valence-corrected chi connectivity index (χ3v) is 8.12. The van der Waals surface area contributed by atoms with Crippen molar-refractivity contribution in [2.75, 3.05) is 54.9 Å². The second kappa shape index (κ2) is 11.7. The van der Waals surface area contributed by atoms with E-state index >= 15 is 0 Å². The van der Waals surface area contributed by atoms with Gasteiger partial charge in [0.1, 0.15) is 20.8 Å². The Labute approximate surface area is 244 Å².